The van der Waals surface area contributed by atoms with Crippen LogP contribution in [0.4, 0.5) is 0 Å². The van der Waals surface area contributed by atoms with Gasteiger partial charge in [0.25, 0.3) is 0 Å². The van der Waals surface area contributed by atoms with Crippen molar-refractivity contribution in [3.63, 3.8) is 0 Å². The number of aliphatic carboxylic acids is 1. The number of hydrogen-bond acceptors (Lipinski definition) is 4. The predicted octanol–water partition coefficient (Wildman–Crippen LogP) is 2.59. The van der Waals surface area contributed by atoms with E-state index in [1.807, 2.05) is 30.3 Å². The third-order valence-electron chi connectivity index (χ3n) is 2.15. The summed E-state index contributed by atoms with van der Waals surface area (Å²) < 4.78 is 4.98. The van der Waals surface area contributed by atoms with Crippen LogP contribution in [0, 0.1) is 0 Å². The number of benzene rings is 1. The average Bonchev–Trinajstić information content (AvgIpc) is 2.80. The Labute approximate surface area is 103 Å². The Morgan fingerprint density at radius 2 is 2.06 bits per heavy atom. The molecule has 17 heavy (non-hydrogen) atoms. The first-order chi connectivity index (χ1) is 8.24. The number of hydrogen-bond donors (Lipinski definition) is 1. The van der Waals surface area contributed by atoms with E-state index in [4.69, 9.17) is 9.63 Å². The Morgan fingerprint density at radius 3 is 2.65 bits per heavy atom. The van der Waals surface area contributed by atoms with Crippen LogP contribution < -0.4 is 0 Å². The van der Waals surface area contributed by atoms with Crippen molar-refractivity contribution in [2.45, 2.75) is 17.1 Å². The molecule has 88 valence electrons. The lowest BCUT2D eigenvalue weighted by atomic mass is 10.2. The van der Waals surface area contributed by atoms with E-state index < -0.39 is 5.97 Å². The van der Waals surface area contributed by atoms with Crippen molar-refractivity contribution in [3.05, 3.63) is 47.9 Å². The molecule has 1 aromatic carbocycles. The van der Waals surface area contributed by atoms with Gasteiger partial charge in [-0.05, 0) is 17.7 Å². The predicted molar refractivity (Wildman–Crippen MR) is 63.8 cm³/mol. The van der Waals surface area contributed by atoms with Crippen LogP contribution in [0.1, 0.15) is 11.3 Å². The van der Waals surface area contributed by atoms with Gasteiger partial charge in [-0.25, -0.2) is 0 Å². The molecule has 1 aromatic heterocycles. The van der Waals surface area contributed by atoms with E-state index in [0.717, 1.165) is 22.0 Å². The molecule has 2 aromatic rings. The number of nitrogens with zero attached hydrogens (tertiary/aromatic N) is 1. The smallest absolute Gasteiger partial charge is 0.307 e. The summed E-state index contributed by atoms with van der Waals surface area (Å²) in [6.07, 6.45) is 1.68. The van der Waals surface area contributed by atoms with E-state index in [0.29, 0.717) is 0 Å². The zero-order chi connectivity index (χ0) is 12.1. The molecule has 0 atom stereocenters. The highest BCUT2D eigenvalue weighted by Gasteiger charge is 2.02. The molecule has 0 amide bonds. The highest BCUT2D eigenvalue weighted by Crippen LogP contribution is 2.22. The fraction of sp³-hybridized carbons (Fsp3) is 0.167. The molecule has 0 unspecified atom stereocenters. The Kier molecular flexibility index (Phi) is 3.82. The van der Waals surface area contributed by atoms with E-state index in [1.165, 1.54) is 0 Å². The van der Waals surface area contributed by atoms with E-state index >= 15 is 0 Å². The maximum atomic E-state index is 10.5. The number of carboxylic acids is 1. The quantitative estimate of drug-likeness (QED) is 0.825. The summed E-state index contributed by atoms with van der Waals surface area (Å²) in [5, 5.41) is 12.3. The largest absolute Gasteiger partial charge is 0.481 e. The van der Waals surface area contributed by atoms with Gasteiger partial charge < -0.3 is 9.63 Å². The summed E-state index contributed by atoms with van der Waals surface area (Å²) in [7, 11) is 0. The van der Waals surface area contributed by atoms with Gasteiger partial charge in [-0.15, -0.1) is 11.8 Å². The van der Waals surface area contributed by atoms with Gasteiger partial charge in [0.05, 0.1) is 18.4 Å². The highest BCUT2D eigenvalue weighted by molar-refractivity contribution is 7.98. The topological polar surface area (TPSA) is 63.3 Å². The summed E-state index contributed by atoms with van der Waals surface area (Å²) in [6.45, 7) is 0. The highest BCUT2D eigenvalue weighted by atomic mass is 32.2. The second kappa shape index (κ2) is 5.54. The lowest BCUT2D eigenvalue weighted by molar-refractivity contribution is -0.136. The summed E-state index contributed by atoms with van der Waals surface area (Å²) >= 11 is 1.62. The molecule has 0 aliphatic heterocycles. The van der Waals surface area contributed by atoms with Gasteiger partial charge in [0.1, 0.15) is 5.76 Å². The molecule has 0 saturated carbocycles. The molecule has 4 nitrogen and oxygen atoms in total. The third-order valence-corrected chi connectivity index (χ3v) is 3.19. The van der Waals surface area contributed by atoms with Gasteiger partial charge in [-0.2, -0.15) is 0 Å². The Morgan fingerprint density at radius 1 is 1.29 bits per heavy atom. The molecule has 0 fully saturated rings. The minimum Gasteiger partial charge on any atom is -0.481 e. The van der Waals surface area contributed by atoms with Crippen LogP contribution in [0.2, 0.25) is 0 Å². The van der Waals surface area contributed by atoms with Gasteiger partial charge >= 0.3 is 5.97 Å². The molecular formula is C12H11NO3S. The average molecular weight is 249 g/mol. The van der Waals surface area contributed by atoms with E-state index in [-0.39, 0.29) is 6.42 Å². The first-order valence-corrected chi connectivity index (χ1v) is 6.06. The normalized spacial score (nSPS) is 10.4. The summed E-state index contributed by atoms with van der Waals surface area (Å²) in [5.41, 5.74) is 0.807. The molecular weight excluding hydrogens is 238 g/mol. The van der Waals surface area contributed by atoms with Gasteiger partial charge in [0, 0.05) is 11.0 Å². The molecule has 2 rings (SSSR count). The van der Waals surface area contributed by atoms with E-state index in [2.05, 4.69) is 5.16 Å². The van der Waals surface area contributed by atoms with Crippen molar-refractivity contribution in [2.75, 3.05) is 0 Å². The monoisotopic (exact) mass is 249 g/mol. The molecule has 0 radical (unpaired) electrons. The molecule has 5 heteroatoms. The van der Waals surface area contributed by atoms with Crippen molar-refractivity contribution in [1.29, 1.82) is 0 Å². The third kappa shape index (κ3) is 3.64. The van der Waals surface area contributed by atoms with Gasteiger partial charge in [-0.1, -0.05) is 17.3 Å². The summed E-state index contributed by atoms with van der Waals surface area (Å²) in [6, 6.07) is 9.32. The van der Waals surface area contributed by atoms with Crippen LogP contribution in [0.25, 0.3) is 0 Å². The SMILES string of the molecule is O=C(O)Cc1ccc(SCc2ccno2)cc1. The van der Waals surface area contributed by atoms with Crippen molar-refractivity contribution >= 4 is 17.7 Å². The lowest BCUT2D eigenvalue weighted by Crippen LogP contribution is -1.99. The van der Waals surface area contributed by atoms with E-state index in [1.54, 1.807) is 18.0 Å². The van der Waals surface area contributed by atoms with Crippen LogP contribution in [-0.2, 0) is 17.0 Å². The van der Waals surface area contributed by atoms with Crippen LogP contribution in [0.3, 0.4) is 0 Å². The maximum Gasteiger partial charge on any atom is 0.307 e. The van der Waals surface area contributed by atoms with Crippen molar-refractivity contribution in [1.82, 2.24) is 5.16 Å². The molecule has 1 heterocycles. The number of aromatic nitrogens is 1. The minimum absolute atomic E-state index is 0.0626. The van der Waals surface area contributed by atoms with Crippen molar-refractivity contribution in [2.24, 2.45) is 0 Å². The number of rotatable bonds is 5. The lowest BCUT2D eigenvalue weighted by Gasteiger charge is -2.01. The van der Waals surface area contributed by atoms with E-state index in [9.17, 15) is 4.79 Å². The molecule has 0 bridgehead atoms. The fourth-order valence-corrected chi connectivity index (χ4v) is 2.14. The van der Waals surface area contributed by atoms with Gasteiger partial charge in [0.15, 0.2) is 0 Å². The number of carboxylic acid groups (broad SMARTS) is 1. The van der Waals surface area contributed by atoms with Gasteiger partial charge in [0.2, 0.25) is 0 Å². The van der Waals surface area contributed by atoms with Crippen LogP contribution in [0.5, 0.6) is 0 Å². The first kappa shape index (κ1) is 11.7. The Bertz CT molecular complexity index is 479. The van der Waals surface area contributed by atoms with Crippen LogP contribution >= 0.6 is 11.8 Å². The second-order valence-corrected chi connectivity index (χ2v) is 4.53. The number of carbonyl (C=O) groups is 1. The molecule has 0 spiro atoms. The van der Waals surface area contributed by atoms with Gasteiger partial charge in [-0.3, -0.25) is 4.79 Å². The molecule has 1 N–H and O–H groups in total. The minimum atomic E-state index is -0.813. The zero-order valence-electron chi connectivity index (χ0n) is 9.00. The molecule has 0 saturated heterocycles. The van der Waals surface area contributed by atoms with Crippen LogP contribution in [0.15, 0.2) is 45.9 Å². The standard InChI is InChI=1S/C12H11NO3S/c14-12(15)7-9-1-3-11(4-2-9)17-8-10-5-6-13-16-10/h1-6H,7-8H2,(H,14,15). The van der Waals surface area contributed by atoms with Crippen LogP contribution in [-0.4, -0.2) is 16.2 Å². The Hall–Kier alpha value is -1.75. The first-order valence-electron chi connectivity index (χ1n) is 5.07. The van der Waals surface area contributed by atoms with Crippen molar-refractivity contribution < 1.29 is 14.4 Å². The zero-order valence-corrected chi connectivity index (χ0v) is 9.81. The molecule has 0 aliphatic carbocycles. The summed E-state index contributed by atoms with van der Waals surface area (Å²) in [4.78, 5) is 11.6. The Balaban J connectivity index is 1.91. The number of thioether (sulfide) groups is 1. The van der Waals surface area contributed by atoms with Crippen molar-refractivity contribution in [3.8, 4) is 0 Å². The fourth-order valence-electron chi connectivity index (χ4n) is 1.35. The maximum absolute atomic E-state index is 10.5. The molecule has 0 aliphatic rings. The summed E-state index contributed by atoms with van der Waals surface area (Å²) in [5.74, 6) is 0.731. The second-order valence-electron chi connectivity index (χ2n) is 3.48.